The number of halogens is 1. The molecule has 0 aliphatic rings. The second kappa shape index (κ2) is 6.04. The Bertz CT molecular complexity index is 575. The lowest BCUT2D eigenvalue weighted by atomic mass is 10.2. The van der Waals surface area contributed by atoms with Crippen molar-refractivity contribution in [3.05, 3.63) is 47.2 Å². The minimum atomic E-state index is 0.0157. The standard InChI is InChI=1S/C15H16ClNO2/c1-17(2)9-8-13(18)15-7-6-14(19-15)11-4-3-5-12(16)10-11/h3-7,10H,8-9H2,1-2H3. The monoisotopic (exact) mass is 277 g/mol. The Morgan fingerprint density at radius 2 is 2.05 bits per heavy atom. The molecule has 2 rings (SSSR count). The predicted octanol–water partition coefficient (Wildman–Crippen LogP) is 3.73. The van der Waals surface area contributed by atoms with E-state index in [1.165, 1.54) is 0 Å². The van der Waals surface area contributed by atoms with Crippen molar-refractivity contribution in [2.45, 2.75) is 6.42 Å². The van der Waals surface area contributed by atoms with Crippen LogP contribution in [0.3, 0.4) is 0 Å². The molecule has 0 saturated heterocycles. The molecule has 0 amide bonds. The first-order valence-corrected chi connectivity index (χ1v) is 6.48. The molecule has 100 valence electrons. The Morgan fingerprint density at radius 1 is 1.26 bits per heavy atom. The predicted molar refractivity (Wildman–Crippen MR) is 76.7 cm³/mol. The number of carbonyl (C=O) groups is 1. The van der Waals surface area contributed by atoms with E-state index >= 15 is 0 Å². The lowest BCUT2D eigenvalue weighted by Gasteiger charge is -2.06. The average Bonchev–Trinajstić information content (AvgIpc) is 2.85. The number of benzene rings is 1. The SMILES string of the molecule is CN(C)CCC(=O)c1ccc(-c2cccc(Cl)c2)o1. The van der Waals surface area contributed by atoms with Crippen molar-refractivity contribution in [3.8, 4) is 11.3 Å². The zero-order chi connectivity index (χ0) is 13.8. The van der Waals surface area contributed by atoms with Crippen LogP contribution >= 0.6 is 11.6 Å². The molecular weight excluding hydrogens is 262 g/mol. The summed E-state index contributed by atoms with van der Waals surface area (Å²) in [5, 5.41) is 0.648. The summed E-state index contributed by atoms with van der Waals surface area (Å²) in [5.74, 6) is 1.08. The molecule has 4 heteroatoms. The fourth-order valence-corrected chi connectivity index (χ4v) is 1.92. The van der Waals surface area contributed by atoms with Crippen molar-refractivity contribution in [1.82, 2.24) is 4.90 Å². The van der Waals surface area contributed by atoms with Gasteiger partial charge in [-0.25, -0.2) is 0 Å². The number of rotatable bonds is 5. The Balaban J connectivity index is 2.13. The summed E-state index contributed by atoms with van der Waals surface area (Å²) in [6.07, 6.45) is 0.454. The van der Waals surface area contributed by atoms with E-state index in [-0.39, 0.29) is 5.78 Å². The number of ketones is 1. The maximum absolute atomic E-state index is 11.9. The van der Waals surface area contributed by atoms with Gasteiger partial charge in [0.25, 0.3) is 0 Å². The average molecular weight is 278 g/mol. The van der Waals surface area contributed by atoms with Gasteiger partial charge in [0, 0.05) is 23.6 Å². The van der Waals surface area contributed by atoms with Gasteiger partial charge < -0.3 is 9.32 Å². The number of nitrogens with zero attached hydrogens (tertiary/aromatic N) is 1. The molecule has 19 heavy (non-hydrogen) atoms. The van der Waals surface area contributed by atoms with Gasteiger partial charge in [-0.05, 0) is 38.4 Å². The summed E-state index contributed by atoms with van der Waals surface area (Å²) in [7, 11) is 3.87. The van der Waals surface area contributed by atoms with E-state index in [1.54, 1.807) is 18.2 Å². The summed E-state index contributed by atoms with van der Waals surface area (Å²) < 4.78 is 5.59. The van der Waals surface area contributed by atoms with Crippen molar-refractivity contribution in [2.24, 2.45) is 0 Å². The highest BCUT2D eigenvalue weighted by molar-refractivity contribution is 6.30. The molecule has 0 saturated carbocycles. The largest absolute Gasteiger partial charge is 0.453 e. The van der Waals surface area contributed by atoms with E-state index < -0.39 is 0 Å². The van der Waals surface area contributed by atoms with Gasteiger partial charge in [-0.3, -0.25) is 4.79 Å². The van der Waals surface area contributed by atoms with Crippen molar-refractivity contribution >= 4 is 17.4 Å². The van der Waals surface area contributed by atoms with Crippen LogP contribution < -0.4 is 0 Å². The molecule has 0 spiro atoms. The third-order valence-corrected chi connectivity index (χ3v) is 3.01. The molecule has 0 fully saturated rings. The quantitative estimate of drug-likeness (QED) is 0.781. The number of hydrogen-bond acceptors (Lipinski definition) is 3. The van der Waals surface area contributed by atoms with E-state index in [4.69, 9.17) is 16.0 Å². The zero-order valence-electron chi connectivity index (χ0n) is 11.0. The first-order chi connectivity index (χ1) is 9.06. The van der Waals surface area contributed by atoms with E-state index in [0.717, 1.165) is 5.56 Å². The highest BCUT2D eigenvalue weighted by Crippen LogP contribution is 2.25. The first kappa shape index (κ1) is 13.8. The Kier molecular flexibility index (Phi) is 4.40. The molecule has 0 aliphatic carbocycles. The van der Waals surface area contributed by atoms with Crippen LogP contribution in [0.4, 0.5) is 0 Å². The number of Topliss-reactive ketones (excluding diaryl/α,β-unsaturated/α-hetero) is 1. The fourth-order valence-electron chi connectivity index (χ4n) is 1.73. The van der Waals surface area contributed by atoms with Crippen LogP contribution in [0, 0.1) is 0 Å². The molecule has 0 bridgehead atoms. The second-order valence-electron chi connectivity index (χ2n) is 4.65. The summed E-state index contributed by atoms with van der Waals surface area (Å²) in [5.41, 5.74) is 0.874. The van der Waals surface area contributed by atoms with E-state index in [2.05, 4.69) is 0 Å². The third-order valence-electron chi connectivity index (χ3n) is 2.78. The van der Waals surface area contributed by atoms with Gasteiger partial charge in [-0.1, -0.05) is 23.7 Å². The van der Waals surface area contributed by atoms with Gasteiger partial charge >= 0.3 is 0 Å². The van der Waals surface area contributed by atoms with E-state index in [1.807, 2.05) is 37.2 Å². The summed E-state index contributed by atoms with van der Waals surface area (Å²) in [6, 6.07) is 10.9. The van der Waals surface area contributed by atoms with Crippen molar-refractivity contribution < 1.29 is 9.21 Å². The third kappa shape index (κ3) is 3.69. The Morgan fingerprint density at radius 3 is 2.74 bits per heavy atom. The number of carbonyl (C=O) groups excluding carboxylic acids is 1. The second-order valence-corrected chi connectivity index (χ2v) is 5.09. The van der Waals surface area contributed by atoms with Gasteiger partial charge in [-0.15, -0.1) is 0 Å². The summed E-state index contributed by atoms with van der Waals surface area (Å²) >= 11 is 5.93. The maximum Gasteiger partial charge on any atom is 0.199 e. The Hall–Kier alpha value is -1.58. The van der Waals surface area contributed by atoms with Gasteiger partial charge in [0.2, 0.25) is 0 Å². The van der Waals surface area contributed by atoms with Crippen LogP contribution in [0.25, 0.3) is 11.3 Å². The lowest BCUT2D eigenvalue weighted by molar-refractivity contribution is 0.0946. The summed E-state index contributed by atoms with van der Waals surface area (Å²) in [4.78, 5) is 13.9. The van der Waals surface area contributed by atoms with Crippen LogP contribution in [-0.4, -0.2) is 31.3 Å². The smallest absolute Gasteiger partial charge is 0.199 e. The van der Waals surface area contributed by atoms with Crippen LogP contribution in [0.5, 0.6) is 0 Å². The molecule has 1 heterocycles. The number of furan rings is 1. The van der Waals surface area contributed by atoms with Crippen LogP contribution in [-0.2, 0) is 0 Å². The molecule has 0 unspecified atom stereocenters. The number of hydrogen-bond donors (Lipinski definition) is 0. The molecule has 0 atom stereocenters. The molecule has 1 aromatic carbocycles. The molecule has 1 aromatic heterocycles. The molecular formula is C15H16ClNO2. The first-order valence-electron chi connectivity index (χ1n) is 6.10. The van der Waals surface area contributed by atoms with Gasteiger partial charge in [0.1, 0.15) is 5.76 Å². The molecule has 0 aliphatic heterocycles. The summed E-state index contributed by atoms with van der Waals surface area (Å²) in [6.45, 7) is 0.714. The molecule has 3 nitrogen and oxygen atoms in total. The van der Waals surface area contributed by atoms with Crippen molar-refractivity contribution in [2.75, 3.05) is 20.6 Å². The molecule has 2 aromatic rings. The fraction of sp³-hybridized carbons (Fsp3) is 0.267. The molecule has 0 radical (unpaired) electrons. The van der Waals surface area contributed by atoms with Gasteiger partial charge in [-0.2, -0.15) is 0 Å². The minimum Gasteiger partial charge on any atom is -0.453 e. The van der Waals surface area contributed by atoms with E-state index in [0.29, 0.717) is 29.5 Å². The Labute approximate surface area is 117 Å². The van der Waals surface area contributed by atoms with Crippen LogP contribution in [0.2, 0.25) is 5.02 Å². The van der Waals surface area contributed by atoms with Crippen molar-refractivity contribution in [3.63, 3.8) is 0 Å². The molecule has 0 N–H and O–H groups in total. The van der Waals surface area contributed by atoms with Gasteiger partial charge in [0.15, 0.2) is 11.5 Å². The highest BCUT2D eigenvalue weighted by atomic mass is 35.5. The van der Waals surface area contributed by atoms with Crippen molar-refractivity contribution in [1.29, 1.82) is 0 Å². The topological polar surface area (TPSA) is 33.5 Å². The highest BCUT2D eigenvalue weighted by Gasteiger charge is 2.12. The van der Waals surface area contributed by atoms with E-state index in [9.17, 15) is 4.79 Å². The maximum atomic E-state index is 11.9. The van der Waals surface area contributed by atoms with Gasteiger partial charge in [0.05, 0.1) is 0 Å². The minimum absolute atomic E-state index is 0.0157. The lowest BCUT2D eigenvalue weighted by Crippen LogP contribution is -2.16. The zero-order valence-corrected chi connectivity index (χ0v) is 11.8. The van der Waals surface area contributed by atoms with Crippen LogP contribution in [0.1, 0.15) is 17.0 Å². The van der Waals surface area contributed by atoms with Crippen LogP contribution in [0.15, 0.2) is 40.8 Å². The normalized spacial score (nSPS) is 10.9.